The van der Waals surface area contributed by atoms with Crippen molar-refractivity contribution in [3.05, 3.63) is 51.5 Å². The topological polar surface area (TPSA) is 43.4 Å². The average molecular weight is 300 g/mol. The van der Waals surface area contributed by atoms with E-state index in [4.69, 9.17) is 4.74 Å². The predicted octanol–water partition coefficient (Wildman–Crippen LogP) is 3.36. The van der Waals surface area contributed by atoms with Gasteiger partial charge in [-0.05, 0) is 31.6 Å². The molecular weight excluding hydrogens is 284 g/mol. The van der Waals surface area contributed by atoms with E-state index >= 15 is 0 Å². The number of allylic oxidation sites excluding steroid dienone is 2. The Morgan fingerprint density at radius 2 is 2.14 bits per heavy atom. The Labute approximate surface area is 128 Å². The second-order valence-electron chi connectivity index (χ2n) is 5.22. The number of fused-ring (bicyclic) bond motifs is 1. The molecule has 1 aromatic rings. The Hall–Kier alpha value is -1.81. The quantitative estimate of drug-likeness (QED) is 0.786. The number of aryl methyl sites for hydroxylation is 1. The number of hydrogen-bond acceptors (Lipinski definition) is 4. The average Bonchev–Trinajstić information content (AvgIpc) is 2.46. The molecule has 3 nitrogen and oxygen atoms in total. The van der Waals surface area contributed by atoms with Crippen molar-refractivity contribution in [1.29, 1.82) is 0 Å². The van der Waals surface area contributed by atoms with Gasteiger partial charge in [-0.15, -0.1) is 0 Å². The molecule has 1 aliphatic heterocycles. The zero-order valence-corrected chi connectivity index (χ0v) is 12.9. The van der Waals surface area contributed by atoms with Crippen molar-refractivity contribution in [2.24, 2.45) is 0 Å². The largest absolute Gasteiger partial charge is 0.463 e. The highest BCUT2D eigenvalue weighted by molar-refractivity contribution is 8.03. The van der Waals surface area contributed by atoms with Gasteiger partial charge in [-0.2, -0.15) is 0 Å². The number of Topliss-reactive ketones (excluding diaryl/α,β-unsaturated/α-hetero) is 1. The summed E-state index contributed by atoms with van der Waals surface area (Å²) in [5.74, 6) is -0.345. The smallest absolute Gasteiger partial charge is 0.334 e. The summed E-state index contributed by atoms with van der Waals surface area (Å²) in [4.78, 5) is 26.2. The minimum Gasteiger partial charge on any atom is -0.463 e. The van der Waals surface area contributed by atoms with Gasteiger partial charge in [-0.3, -0.25) is 4.79 Å². The summed E-state index contributed by atoms with van der Waals surface area (Å²) in [7, 11) is 0. The zero-order chi connectivity index (χ0) is 15.0. The number of benzene rings is 1. The van der Waals surface area contributed by atoms with Gasteiger partial charge in [0.25, 0.3) is 0 Å². The third kappa shape index (κ3) is 2.68. The van der Waals surface area contributed by atoms with Crippen LogP contribution in [0.4, 0.5) is 0 Å². The van der Waals surface area contributed by atoms with E-state index in [0.29, 0.717) is 18.6 Å². The molecule has 21 heavy (non-hydrogen) atoms. The second kappa shape index (κ2) is 5.53. The fraction of sp³-hybridized carbons (Fsp3) is 0.294. The SMILES string of the molecule is CCOC(=O)C1=CC2=C(Cc3cc(C)ccc3S2)C(=O)C1. The number of carbonyl (C=O) groups excluding carboxylic acids is 2. The van der Waals surface area contributed by atoms with Crippen LogP contribution in [-0.2, 0) is 20.7 Å². The number of thioether (sulfide) groups is 1. The molecule has 2 aliphatic rings. The van der Waals surface area contributed by atoms with E-state index < -0.39 is 0 Å². The maximum Gasteiger partial charge on any atom is 0.334 e. The number of carbonyl (C=O) groups is 2. The van der Waals surface area contributed by atoms with Gasteiger partial charge in [0.1, 0.15) is 0 Å². The Kier molecular flexibility index (Phi) is 3.72. The van der Waals surface area contributed by atoms with Crippen LogP contribution >= 0.6 is 11.8 Å². The number of ether oxygens (including phenoxy) is 1. The fourth-order valence-electron chi connectivity index (χ4n) is 2.60. The molecule has 0 bridgehead atoms. The van der Waals surface area contributed by atoms with Crippen LogP contribution < -0.4 is 0 Å². The zero-order valence-electron chi connectivity index (χ0n) is 12.1. The minimum absolute atomic E-state index is 0.0372. The number of hydrogen-bond donors (Lipinski definition) is 0. The van der Waals surface area contributed by atoms with E-state index in [9.17, 15) is 9.59 Å². The maximum absolute atomic E-state index is 12.3. The van der Waals surface area contributed by atoms with Crippen LogP contribution in [0.3, 0.4) is 0 Å². The lowest BCUT2D eigenvalue weighted by Crippen LogP contribution is -2.20. The molecule has 1 aliphatic carbocycles. The molecule has 0 N–H and O–H groups in total. The third-order valence-electron chi connectivity index (χ3n) is 3.63. The highest BCUT2D eigenvalue weighted by Crippen LogP contribution is 2.42. The van der Waals surface area contributed by atoms with Gasteiger partial charge in [-0.1, -0.05) is 29.5 Å². The molecule has 4 heteroatoms. The van der Waals surface area contributed by atoms with Gasteiger partial charge in [-0.25, -0.2) is 4.79 Å². The predicted molar refractivity (Wildman–Crippen MR) is 82.1 cm³/mol. The van der Waals surface area contributed by atoms with Crippen LogP contribution in [0.1, 0.15) is 24.5 Å². The summed E-state index contributed by atoms with van der Waals surface area (Å²) in [5, 5.41) is 0. The van der Waals surface area contributed by atoms with Gasteiger partial charge in [0.15, 0.2) is 5.78 Å². The van der Waals surface area contributed by atoms with Crippen molar-refractivity contribution in [3.8, 4) is 0 Å². The summed E-state index contributed by atoms with van der Waals surface area (Å²) in [6.45, 7) is 4.14. The fourth-order valence-corrected chi connectivity index (χ4v) is 3.75. The molecule has 0 radical (unpaired) electrons. The van der Waals surface area contributed by atoms with E-state index in [0.717, 1.165) is 15.4 Å². The molecule has 0 amide bonds. The molecule has 0 fully saturated rings. The van der Waals surface area contributed by atoms with E-state index in [1.165, 1.54) is 11.1 Å². The second-order valence-corrected chi connectivity index (χ2v) is 6.31. The maximum atomic E-state index is 12.3. The molecule has 1 heterocycles. The van der Waals surface area contributed by atoms with Crippen LogP contribution in [0.5, 0.6) is 0 Å². The lowest BCUT2D eigenvalue weighted by atomic mass is 9.91. The van der Waals surface area contributed by atoms with Gasteiger partial charge in [0, 0.05) is 33.8 Å². The Morgan fingerprint density at radius 1 is 1.33 bits per heavy atom. The lowest BCUT2D eigenvalue weighted by molar-refractivity contribution is -0.139. The Bertz CT molecular complexity index is 698. The van der Waals surface area contributed by atoms with Gasteiger partial charge >= 0.3 is 5.97 Å². The lowest BCUT2D eigenvalue weighted by Gasteiger charge is -2.24. The first-order chi connectivity index (χ1) is 10.1. The van der Waals surface area contributed by atoms with Gasteiger partial charge < -0.3 is 4.74 Å². The molecule has 1 aromatic carbocycles. The van der Waals surface area contributed by atoms with Crippen molar-refractivity contribution in [1.82, 2.24) is 0 Å². The summed E-state index contributed by atoms with van der Waals surface area (Å²) in [5.41, 5.74) is 3.68. The molecule has 0 unspecified atom stereocenters. The van der Waals surface area contributed by atoms with Gasteiger partial charge in [0.05, 0.1) is 6.61 Å². The van der Waals surface area contributed by atoms with Crippen molar-refractivity contribution >= 4 is 23.5 Å². The van der Waals surface area contributed by atoms with E-state index in [1.807, 2.05) is 6.08 Å². The summed E-state index contributed by atoms with van der Waals surface area (Å²) < 4.78 is 5.00. The first-order valence-corrected chi connectivity index (χ1v) is 7.81. The van der Waals surface area contributed by atoms with E-state index in [-0.39, 0.29) is 18.2 Å². The number of rotatable bonds is 2. The third-order valence-corrected chi connectivity index (χ3v) is 4.83. The molecule has 108 valence electrons. The molecule has 0 aromatic heterocycles. The molecule has 0 saturated heterocycles. The highest BCUT2D eigenvalue weighted by atomic mass is 32.2. The Morgan fingerprint density at radius 3 is 2.90 bits per heavy atom. The highest BCUT2D eigenvalue weighted by Gasteiger charge is 2.29. The summed E-state index contributed by atoms with van der Waals surface area (Å²) in [6, 6.07) is 6.28. The monoisotopic (exact) mass is 300 g/mol. The van der Waals surface area contributed by atoms with Crippen LogP contribution in [0, 0.1) is 6.92 Å². The number of esters is 1. The Balaban J connectivity index is 1.95. The van der Waals surface area contributed by atoms with Gasteiger partial charge in [0.2, 0.25) is 0 Å². The minimum atomic E-state index is -0.382. The summed E-state index contributed by atoms with van der Waals surface area (Å²) >= 11 is 1.57. The van der Waals surface area contributed by atoms with Crippen LogP contribution in [0.2, 0.25) is 0 Å². The molecule has 0 saturated carbocycles. The molecule has 3 rings (SSSR count). The van der Waals surface area contributed by atoms with Crippen molar-refractivity contribution in [2.75, 3.05) is 6.61 Å². The van der Waals surface area contributed by atoms with E-state index in [1.54, 1.807) is 18.7 Å². The van der Waals surface area contributed by atoms with Crippen molar-refractivity contribution in [2.45, 2.75) is 31.6 Å². The summed E-state index contributed by atoms with van der Waals surface area (Å²) in [6.07, 6.45) is 2.63. The normalized spacial score (nSPS) is 17.0. The van der Waals surface area contributed by atoms with Crippen LogP contribution in [-0.4, -0.2) is 18.4 Å². The first kappa shape index (κ1) is 14.1. The number of ketones is 1. The van der Waals surface area contributed by atoms with E-state index in [2.05, 4.69) is 25.1 Å². The molecule has 0 spiro atoms. The van der Waals surface area contributed by atoms with Crippen molar-refractivity contribution < 1.29 is 14.3 Å². The standard InChI is InChI=1S/C17H16O3S/c1-3-20-17(19)12-8-14(18)13-7-11-6-10(2)4-5-15(11)21-16(13)9-12/h4-6,9H,3,7-8H2,1-2H3. The van der Waals surface area contributed by atoms with Crippen LogP contribution in [0.15, 0.2) is 45.2 Å². The molecule has 0 atom stereocenters. The molecular formula is C17H16O3S. The van der Waals surface area contributed by atoms with Crippen LogP contribution in [0.25, 0.3) is 0 Å². The first-order valence-electron chi connectivity index (χ1n) is 7.00. The van der Waals surface area contributed by atoms with Crippen molar-refractivity contribution in [3.63, 3.8) is 0 Å².